The average molecular weight is 238 g/mol. The third-order valence-corrected chi connectivity index (χ3v) is 4.65. The van der Waals surface area contributed by atoms with E-state index < -0.39 is 0 Å². The van der Waals surface area contributed by atoms with E-state index in [0.29, 0.717) is 30.3 Å². The van der Waals surface area contributed by atoms with Crippen LogP contribution in [0.25, 0.3) is 0 Å². The van der Waals surface area contributed by atoms with Gasteiger partial charge in [0.25, 0.3) is 0 Å². The second-order valence-electron chi connectivity index (χ2n) is 6.45. The predicted octanol–water partition coefficient (Wildman–Crippen LogP) is 2.01. The Kier molecular flexibility index (Phi) is 3.48. The van der Waals surface area contributed by atoms with Crippen LogP contribution < -0.4 is 5.73 Å². The maximum Gasteiger partial charge on any atom is 0.230 e. The second kappa shape index (κ2) is 4.60. The Labute approximate surface area is 105 Å². The van der Waals surface area contributed by atoms with Crippen LogP contribution in [0, 0.1) is 17.3 Å². The van der Waals surface area contributed by atoms with Crippen molar-refractivity contribution in [2.75, 3.05) is 13.1 Å². The van der Waals surface area contributed by atoms with Crippen molar-refractivity contribution >= 4 is 5.91 Å². The van der Waals surface area contributed by atoms with Gasteiger partial charge in [-0.15, -0.1) is 0 Å². The number of rotatable bonds is 3. The molecule has 0 bridgehead atoms. The number of nitrogens with zero attached hydrogens (tertiary/aromatic N) is 1. The van der Waals surface area contributed by atoms with Crippen LogP contribution in [0.5, 0.6) is 0 Å². The number of likely N-dealkylation sites (tertiary alicyclic amines) is 1. The topological polar surface area (TPSA) is 46.3 Å². The minimum Gasteiger partial charge on any atom is -0.339 e. The van der Waals surface area contributed by atoms with Gasteiger partial charge in [0, 0.05) is 19.1 Å². The molecular weight excluding hydrogens is 212 g/mol. The first kappa shape index (κ1) is 12.9. The summed E-state index contributed by atoms with van der Waals surface area (Å²) in [5, 5.41) is 0. The zero-order chi connectivity index (χ0) is 12.6. The third kappa shape index (κ3) is 2.10. The molecule has 2 N–H and O–H groups in total. The number of carbonyl (C=O) groups is 1. The maximum atomic E-state index is 12.7. The monoisotopic (exact) mass is 238 g/mol. The Bertz CT molecular complexity index is 295. The van der Waals surface area contributed by atoms with E-state index in [1.165, 1.54) is 6.42 Å². The van der Waals surface area contributed by atoms with Gasteiger partial charge in [0.05, 0.1) is 5.41 Å². The average Bonchev–Trinajstić information content (AvgIpc) is 2.72. The molecule has 1 amide bonds. The number of amides is 1. The van der Waals surface area contributed by atoms with Crippen molar-refractivity contribution in [1.29, 1.82) is 0 Å². The summed E-state index contributed by atoms with van der Waals surface area (Å²) < 4.78 is 0. The highest BCUT2D eigenvalue weighted by molar-refractivity contribution is 5.84. The zero-order valence-corrected chi connectivity index (χ0v) is 11.4. The fourth-order valence-corrected chi connectivity index (χ4v) is 3.75. The first-order chi connectivity index (χ1) is 8.00. The molecule has 1 heterocycles. The van der Waals surface area contributed by atoms with E-state index in [4.69, 9.17) is 5.73 Å². The van der Waals surface area contributed by atoms with Crippen molar-refractivity contribution in [1.82, 2.24) is 4.90 Å². The van der Waals surface area contributed by atoms with E-state index in [1.54, 1.807) is 0 Å². The van der Waals surface area contributed by atoms with Gasteiger partial charge in [0.1, 0.15) is 0 Å². The van der Waals surface area contributed by atoms with E-state index in [9.17, 15) is 4.79 Å². The molecule has 3 nitrogen and oxygen atoms in total. The summed E-state index contributed by atoms with van der Waals surface area (Å²) in [6.45, 7) is 8.12. The molecule has 1 saturated carbocycles. The summed E-state index contributed by atoms with van der Waals surface area (Å²) in [5.74, 6) is 1.57. The van der Waals surface area contributed by atoms with Crippen molar-refractivity contribution in [2.45, 2.75) is 52.5 Å². The van der Waals surface area contributed by atoms with E-state index in [0.717, 1.165) is 25.8 Å². The number of hydrogen-bond donors (Lipinski definition) is 1. The molecule has 3 heteroatoms. The van der Waals surface area contributed by atoms with E-state index in [-0.39, 0.29) is 5.41 Å². The number of carbonyl (C=O) groups excluding carboxylic acids is 1. The van der Waals surface area contributed by atoms with Crippen molar-refractivity contribution in [2.24, 2.45) is 23.0 Å². The van der Waals surface area contributed by atoms with Crippen molar-refractivity contribution in [3.8, 4) is 0 Å². The van der Waals surface area contributed by atoms with Gasteiger partial charge in [0.2, 0.25) is 5.91 Å². The minimum atomic E-state index is -0.211. The molecule has 1 aliphatic heterocycles. The Morgan fingerprint density at radius 1 is 1.47 bits per heavy atom. The van der Waals surface area contributed by atoms with Crippen LogP contribution in [0.4, 0.5) is 0 Å². The van der Waals surface area contributed by atoms with Crippen LogP contribution in [0.2, 0.25) is 0 Å². The maximum absolute atomic E-state index is 12.7. The van der Waals surface area contributed by atoms with Gasteiger partial charge >= 0.3 is 0 Å². The summed E-state index contributed by atoms with van der Waals surface area (Å²) in [6.07, 6.45) is 4.30. The highest BCUT2D eigenvalue weighted by atomic mass is 16.2. The lowest BCUT2D eigenvalue weighted by Gasteiger charge is -2.47. The SMILES string of the molecule is CC1CC(CN)(C(=O)N2CCCC2C(C)C)C1. The largest absolute Gasteiger partial charge is 0.339 e. The molecule has 1 unspecified atom stereocenters. The molecule has 0 radical (unpaired) electrons. The van der Waals surface area contributed by atoms with Crippen molar-refractivity contribution < 1.29 is 4.79 Å². The van der Waals surface area contributed by atoms with Crippen molar-refractivity contribution in [3.05, 3.63) is 0 Å². The van der Waals surface area contributed by atoms with Gasteiger partial charge in [-0.1, -0.05) is 20.8 Å². The zero-order valence-electron chi connectivity index (χ0n) is 11.4. The minimum absolute atomic E-state index is 0.211. The fraction of sp³-hybridized carbons (Fsp3) is 0.929. The predicted molar refractivity (Wildman–Crippen MR) is 69.5 cm³/mol. The molecule has 17 heavy (non-hydrogen) atoms. The van der Waals surface area contributed by atoms with Gasteiger partial charge in [-0.3, -0.25) is 4.79 Å². The highest BCUT2D eigenvalue weighted by Crippen LogP contribution is 2.47. The Balaban J connectivity index is 2.09. The summed E-state index contributed by atoms with van der Waals surface area (Å²) in [6, 6.07) is 0.446. The molecule has 2 fully saturated rings. The number of hydrogen-bond acceptors (Lipinski definition) is 2. The van der Waals surface area contributed by atoms with Crippen LogP contribution in [0.3, 0.4) is 0 Å². The van der Waals surface area contributed by atoms with Crippen LogP contribution in [0.1, 0.15) is 46.5 Å². The number of nitrogens with two attached hydrogens (primary N) is 1. The van der Waals surface area contributed by atoms with Crippen molar-refractivity contribution in [3.63, 3.8) is 0 Å². The quantitative estimate of drug-likeness (QED) is 0.817. The highest BCUT2D eigenvalue weighted by Gasteiger charge is 2.50. The molecule has 0 aromatic rings. The van der Waals surface area contributed by atoms with Crippen LogP contribution in [0.15, 0.2) is 0 Å². The summed E-state index contributed by atoms with van der Waals surface area (Å²) in [7, 11) is 0. The lowest BCUT2D eigenvalue weighted by Crippen LogP contribution is -2.56. The summed E-state index contributed by atoms with van der Waals surface area (Å²) in [5.41, 5.74) is 5.66. The molecular formula is C14H26N2O. The van der Waals surface area contributed by atoms with Crippen LogP contribution in [-0.4, -0.2) is 29.9 Å². The molecule has 2 rings (SSSR count). The lowest BCUT2D eigenvalue weighted by atomic mass is 9.61. The molecule has 0 aromatic carbocycles. The molecule has 1 atom stereocenters. The van der Waals surface area contributed by atoms with Gasteiger partial charge in [-0.25, -0.2) is 0 Å². The van der Waals surface area contributed by atoms with Gasteiger partial charge < -0.3 is 10.6 Å². The molecule has 1 saturated heterocycles. The van der Waals surface area contributed by atoms with E-state index in [1.807, 2.05) is 0 Å². The van der Waals surface area contributed by atoms with Gasteiger partial charge in [-0.2, -0.15) is 0 Å². The molecule has 0 aromatic heterocycles. The molecule has 2 aliphatic rings. The Morgan fingerprint density at radius 3 is 2.59 bits per heavy atom. The summed E-state index contributed by atoms with van der Waals surface area (Å²) >= 11 is 0. The van der Waals surface area contributed by atoms with Gasteiger partial charge in [0.15, 0.2) is 0 Å². The standard InChI is InChI=1S/C14H26N2O/c1-10(2)12-5-4-6-16(12)13(17)14(9-15)7-11(3)8-14/h10-12H,4-9,15H2,1-3H3. The van der Waals surface area contributed by atoms with Crippen LogP contribution in [-0.2, 0) is 4.79 Å². The third-order valence-electron chi connectivity index (χ3n) is 4.65. The molecule has 1 aliphatic carbocycles. The van der Waals surface area contributed by atoms with E-state index >= 15 is 0 Å². The van der Waals surface area contributed by atoms with Crippen LogP contribution >= 0.6 is 0 Å². The Hall–Kier alpha value is -0.570. The molecule has 98 valence electrons. The molecule has 0 spiro atoms. The van der Waals surface area contributed by atoms with Gasteiger partial charge in [-0.05, 0) is 37.5 Å². The summed E-state index contributed by atoms with van der Waals surface area (Å²) in [4.78, 5) is 14.8. The normalized spacial score (nSPS) is 37.4. The Morgan fingerprint density at radius 2 is 2.12 bits per heavy atom. The van der Waals surface area contributed by atoms with E-state index in [2.05, 4.69) is 25.7 Å². The lowest BCUT2D eigenvalue weighted by molar-refractivity contribution is -0.151. The first-order valence-electron chi connectivity index (χ1n) is 7.01. The fourth-order valence-electron chi connectivity index (χ4n) is 3.75. The second-order valence-corrected chi connectivity index (χ2v) is 6.45. The smallest absolute Gasteiger partial charge is 0.230 e. The first-order valence-corrected chi connectivity index (χ1v) is 7.01.